The molecule has 0 saturated heterocycles. The van der Waals surface area contributed by atoms with Gasteiger partial charge in [-0.25, -0.2) is 0 Å². The summed E-state index contributed by atoms with van der Waals surface area (Å²) >= 11 is 0. The first kappa shape index (κ1) is 24.8. The molecule has 2 rings (SSSR count). The van der Waals surface area contributed by atoms with Crippen LogP contribution in [0.3, 0.4) is 0 Å². The van der Waals surface area contributed by atoms with Gasteiger partial charge in [-0.2, -0.15) is 0 Å². The molecule has 0 unspecified atom stereocenters. The molecule has 0 spiro atoms. The van der Waals surface area contributed by atoms with Crippen molar-refractivity contribution in [2.75, 3.05) is 27.2 Å². The number of benzene rings is 1. The largest absolute Gasteiger partial charge is 0.493 e. The summed E-state index contributed by atoms with van der Waals surface area (Å²) in [6.45, 7) is 8.80. The molecular formula is C21H37IN4O2. The van der Waals surface area contributed by atoms with Crippen LogP contribution in [0.2, 0.25) is 0 Å². The molecule has 3 N–H and O–H groups in total. The Morgan fingerprint density at radius 1 is 1.14 bits per heavy atom. The third-order valence-corrected chi connectivity index (χ3v) is 4.61. The fraction of sp³-hybridized carbons (Fsp3) is 0.667. The van der Waals surface area contributed by atoms with Crippen molar-refractivity contribution in [3.05, 3.63) is 23.8 Å². The molecule has 0 bridgehead atoms. The van der Waals surface area contributed by atoms with E-state index in [0.717, 1.165) is 49.0 Å². The van der Waals surface area contributed by atoms with E-state index < -0.39 is 0 Å². The van der Waals surface area contributed by atoms with Gasteiger partial charge in [-0.1, -0.05) is 12.1 Å². The zero-order chi connectivity index (χ0) is 19.7. The molecule has 28 heavy (non-hydrogen) atoms. The maximum Gasteiger partial charge on any atom is 0.191 e. The second kappa shape index (κ2) is 12.4. The lowest BCUT2D eigenvalue weighted by Crippen LogP contribution is -2.44. The zero-order valence-corrected chi connectivity index (χ0v) is 20.3. The number of nitrogens with one attached hydrogen (secondary N) is 3. The SMILES string of the molecule is CN=C(NCCNC(C)(C)C)NCc1cccc(OC)c1OC1CCCC1.I. The summed E-state index contributed by atoms with van der Waals surface area (Å²) in [5, 5.41) is 10.2. The Morgan fingerprint density at radius 2 is 1.86 bits per heavy atom. The van der Waals surface area contributed by atoms with Crippen LogP contribution in [0.1, 0.15) is 52.0 Å². The van der Waals surface area contributed by atoms with Gasteiger partial charge in [0.05, 0.1) is 13.2 Å². The summed E-state index contributed by atoms with van der Waals surface area (Å²) in [6.07, 6.45) is 5.02. The number of para-hydroxylation sites is 1. The minimum atomic E-state index is 0. The Balaban J connectivity index is 0.00000392. The van der Waals surface area contributed by atoms with Crippen LogP contribution in [-0.2, 0) is 6.54 Å². The van der Waals surface area contributed by atoms with Gasteiger partial charge in [0.1, 0.15) is 0 Å². The van der Waals surface area contributed by atoms with Crippen LogP contribution < -0.4 is 25.4 Å². The molecule has 1 aromatic rings. The van der Waals surface area contributed by atoms with Crippen molar-refractivity contribution in [1.29, 1.82) is 0 Å². The van der Waals surface area contributed by atoms with Crippen molar-refractivity contribution in [3.63, 3.8) is 0 Å². The highest BCUT2D eigenvalue weighted by atomic mass is 127. The highest BCUT2D eigenvalue weighted by Crippen LogP contribution is 2.34. The molecule has 0 heterocycles. The maximum absolute atomic E-state index is 6.30. The van der Waals surface area contributed by atoms with Crippen molar-refractivity contribution >= 4 is 29.9 Å². The number of rotatable bonds is 8. The van der Waals surface area contributed by atoms with Crippen molar-refractivity contribution in [3.8, 4) is 11.5 Å². The van der Waals surface area contributed by atoms with Crippen LogP contribution in [0.4, 0.5) is 0 Å². The summed E-state index contributed by atoms with van der Waals surface area (Å²) in [5.41, 5.74) is 1.20. The van der Waals surface area contributed by atoms with E-state index >= 15 is 0 Å². The van der Waals surface area contributed by atoms with Crippen LogP contribution in [0.25, 0.3) is 0 Å². The average Bonchev–Trinajstić information content (AvgIpc) is 3.14. The molecule has 0 radical (unpaired) electrons. The molecule has 160 valence electrons. The summed E-state index contributed by atoms with van der Waals surface area (Å²) in [4.78, 5) is 4.31. The van der Waals surface area contributed by atoms with Gasteiger partial charge in [-0.3, -0.25) is 4.99 Å². The lowest BCUT2D eigenvalue weighted by atomic mass is 10.1. The summed E-state index contributed by atoms with van der Waals surface area (Å²) in [7, 11) is 3.48. The van der Waals surface area contributed by atoms with E-state index in [1.54, 1.807) is 14.2 Å². The molecule has 1 aliphatic carbocycles. The molecule has 0 aromatic heterocycles. The van der Waals surface area contributed by atoms with Gasteiger partial charge in [-0.15, -0.1) is 24.0 Å². The molecule has 1 aromatic carbocycles. The lowest BCUT2D eigenvalue weighted by molar-refractivity contribution is 0.198. The topological polar surface area (TPSA) is 66.9 Å². The number of ether oxygens (including phenoxy) is 2. The summed E-state index contributed by atoms with van der Waals surface area (Å²) < 4.78 is 11.8. The number of nitrogens with zero attached hydrogens (tertiary/aromatic N) is 1. The second-order valence-corrected chi connectivity index (χ2v) is 8.00. The van der Waals surface area contributed by atoms with Crippen LogP contribution in [0, 0.1) is 0 Å². The van der Waals surface area contributed by atoms with E-state index in [-0.39, 0.29) is 29.5 Å². The first-order valence-electron chi connectivity index (χ1n) is 9.95. The third kappa shape index (κ3) is 8.43. The lowest BCUT2D eigenvalue weighted by Gasteiger charge is -2.22. The molecule has 7 heteroatoms. The zero-order valence-electron chi connectivity index (χ0n) is 17.9. The number of halogens is 1. The van der Waals surface area contributed by atoms with Crippen LogP contribution in [0.5, 0.6) is 11.5 Å². The van der Waals surface area contributed by atoms with E-state index in [1.807, 2.05) is 12.1 Å². The quantitative estimate of drug-likeness (QED) is 0.218. The Kier molecular flexibility index (Phi) is 11.0. The highest BCUT2D eigenvalue weighted by Gasteiger charge is 2.20. The fourth-order valence-corrected chi connectivity index (χ4v) is 3.19. The number of hydrogen-bond donors (Lipinski definition) is 3. The average molecular weight is 504 g/mol. The van der Waals surface area contributed by atoms with Crippen molar-refractivity contribution in [2.45, 2.75) is 64.6 Å². The maximum atomic E-state index is 6.30. The predicted molar refractivity (Wildman–Crippen MR) is 127 cm³/mol. The van der Waals surface area contributed by atoms with Gasteiger partial charge >= 0.3 is 0 Å². The molecular weight excluding hydrogens is 467 g/mol. The molecule has 0 amide bonds. The number of hydrogen-bond acceptors (Lipinski definition) is 4. The van der Waals surface area contributed by atoms with Crippen LogP contribution >= 0.6 is 24.0 Å². The predicted octanol–water partition coefficient (Wildman–Crippen LogP) is 3.69. The third-order valence-electron chi connectivity index (χ3n) is 4.61. The van der Waals surface area contributed by atoms with E-state index in [4.69, 9.17) is 9.47 Å². The van der Waals surface area contributed by atoms with Gasteiger partial charge in [0.15, 0.2) is 17.5 Å². The standard InChI is InChI=1S/C21H36N4O2.HI/c1-21(2,3)25-14-13-23-20(22-4)24-15-16-9-8-12-18(26-5)19(16)27-17-10-6-7-11-17;/h8-9,12,17,25H,6-7,10-11,13-15H2,1-5H3,(H2,22,23,24);1H. The van der Waals surface area contributed by atoms with Gasteiger partial charge in [0, 0.05) is 37.8 Å². The molecule has 0 atom stereocenters. The van der Waals surface area contributed by atoms with Crippen molar-refractivity contribution in [1.82, 2.24) is 16.0 Å². The Morgan fingerprint density at radius 3 is 2.46 bits per heavy atom. The Labute approximate surface area is 187 Å². The van der Waals surface area contributed by atoms with E-state index in [2.05, 4.69) is 47.8 Å². The van der Waals surface area contributed by atoms with Crippen molar-refractivity contribution < 1.29 is 9.47 Å². The van der Waals surface area contributed by atoms with Gasteiger partial charge < -0.3 is 25.4 Å². The summed E-state index contributed by atoms with van der Waals surface area (Å²) in [5.74, 6) is 2.42. The number of methoxy groups -OCH3 is 1. The molecule has 1 aliphatic rings. The smallest absolute Gasteiger partial charge is 0.191 e. The Hall–Kier alpha value is -1.22. The monoisotopic (exact) mass is 504 g/mol. The molecule has 0 aliphatic heterocycles. The highest BCUT2D eigenvalue weighted by molar-refractivity contribution is 14.0. The van der Waals surface area contributed by atoms with Crippen molar-refractivity contribution in [2.24, 2.45) is 4.99 Å². The molecule has 1 fully saturated rings. The number of guanidine groups is 1. The van der Waals surface area contributed by atoms with E-state index in [1.165, 1.54) is 12.8 Å². The normalized spacial score (nSPS) is 15.1. The van der Waals surface area contributed by atoms with Gasteiger partial charge in [0.2, 0.25) is 0 Å². The minimum Gasteiger partial charge on any atom is -0.493 e. The fourth-order valence-electron chi connectivity index (χ4n) is 3.19. The molecule has 6 nitrogen and oxygen atoms in total. The van der Waals surface area contributed by atoms with Gasteiger partial charge in [-0.05, 0) is 52.5 Å². The van der Waals surface area contributed by atoms with E-state index in [0.29, 0.717) is 12.6 Å². The van der Waals surface area contributed by atoms with Gasteiger partial charge in [0.25, 0.3) is 0 Å². The first-order chi connectivity index (χ1) is 12.9. The second-order valence-electron chi connectivity index (χ2n) is 8.00. The van der Waals surface area contributed by atoms with Crippen LogP contribution in [-0.4, -0.2) is 44.8 Å². The van der Waals surface area contributed by atoms with E-state index in [9.17, 15) is 0 Å². The minimum absolute atomic E-state index is 0. The van der Waals surface area contributed by atoms with Crippen LogP contribution in [0.15, 0.2) is 23.2 Å². The Bertz CT molecular complexity index is 611. The summed E-state index contributed by atoms with van der Waals surface area (Å²) in [6, 6.07) is 6.04. The first-order valence-corrected chi connectivity index (χ1v) is 9.95. The number of aliphatic imine (C=N–C) groups is 1. The molecule has 1 saturated carbocycles.